The summed E-state index contributed by atoms with van der Waals surface area (Å²) in [5.74, 6) is 0.0394. The van der Waals surface area contributed by atoms with Crippen LogP contribution in [-0.4, -0.2) is 31.6 Å². The van der Waals surface area contributed by atoms with Crippen LogP contribution < -0.4 is 9.47 Å². The number of carbonyl (C=O) groups excluding carboxylic acids is 2. The van der Waals surface area contributed by atoms with Gasteiger partial charge in [0, 0.05) is 11.6 Å². The van der Waals surface area contributed by atoms with E-state index in [9.17, 15) is 9.59 Å². The summed E-state index contributed by atoms with van der Waals surface area (Å²) in [6.45, 7) is 5.89. The summed E-state index contributed by atoms with van der Waals surface area (Å²) in [4.78, 5) is 24.6. The number of esters is 1. The summed E-state index contributed by atoms with van der Waals surface area (Å²) in [6.07, 6.45) is 2.80. The van der Waals surface area contributed by atoms with Gasteiger partial charge in [-0.15, -0.1) is 0 Å². The van der Waals surface area contributed by atoms with Gasteiger partial charge < -0.3 is 14.2 Å². The van der Waals surface area contributed by atoms with Crippen LogP contribution in [0.3, 0.4) is 0 Å². The monoisotopic (exact) mass is 416 g/mol. The van der Waals surface area contributed by atoms with Crippen LogP contribution >= 0.6 is 11.6 Å². The molecule has 0 heterocycles. The van der Waals surface area contributed by atoms with E-state index in [1.165, 1.54) is 13.2 Å². The van der Waals surface area contributed by atoms with Gasteiger partial charge in [-0.2, -0.15) is 0 Å². The van der Waals surface area contributed by atoms with E-state index in [-0.39, 0.29) is 5.78 Å². The van der Waals surface area contributed by atoms with E-state index in [0.717, 1.165) is 12.0 Å². The number of methoxy groups -OCH3 is 1. The lowest BCUT2D eigenvalue weighted by molar-refractivity contribution is -0.140. The zero-order valence-electron chi connectivity index (χ0n) is 17.0. The average molecular weight is 417 g/mol. The highest BCUT2D eigenvalue weighted by Crippen LogP contribution is 2.36. The summed E-state index contributed by atoms with van der Waals surface area (Å²) in [5, 5.41) is 0.366. The normalized spacial score (nSPS) is 11.9. The molecule has 2 aromatic rings. The molecule has 0 spiro atoms. The molecule has 0 aromatic heterocycles. The van der Waals surface area contributed by atoms with Crippen molar-refractivity contribution in [1.82, 2.24) is 0 Å². The van der Waals surface area contributed by atoms with Crippen LogP contribution in [0.25, 0.3) is 6.08 Å². The fraction of sp³-hybridized carbons (Fsp3) is 0.304. The Bertz CT molecular complexity index is 887. The third kappa shape index (κ3) is 6.09. The highest BCUT2D eigenvalue weighted by molar-refractivity contribution is 6.32. The summed E-state index contributed by atoms with van der Waals surface area (Å²) < 4.78 is 16.0. The second-order valence-electron chi connectivity index (χ2n) is 6.29. The highest BCUT2D eigenvalue weighted by Gasteiger charge is 2.18. The number of aryl methyl sites for hydroxylation is 1. The van der Waals surface area contributed by atoms with Crippen molar-refractivity contribution in [3.63, 3.8) is 0 Å². The molecule has 0 unspecified atom stereocenters. The van der Waals surface area contributed by atoms with Crippen molar-refractivity contribution in [2.75, 3.05) is 13.7 Å². The lowest BCUT2D eigenvalue weighted by atomic mass is 10.0. The van der Waals surface area contributed by atoms with E-state index in [4.69, 9.17) is 25.8 Å². The van der Waals surface area contributed by atoms with Crippen LogP contribution in [0.4, 0.5) is 0 Å². The molecule has 0 aliphatic heterocycles. The number of Topliss-reactive ketones (excluding diaryl/α,β-unsaturated/α-hetero) is 1. The largest absolute Gasteiger partial charge is 0.491 e. The number of carbonyl (C=O) groups is 2. The standard InChI is InChI=1S/C23H25ClO5/c1-5-16-7-10-18(11-8-16)22(26)15(3)29-21(25)12-9-17-13-19(24)23(27-4)20(14-17)28-6-2/h7-15H,5-6H2,1-4H3/b12-9+/t15-/m0/s1. The Morgan fingerprint density at radius 1 is 1.14 bits per heavy atom. The predicted molar refractivity (Wildman–Crippen MR) is 114 cm³/mol. The minimum atomic E-state index is -0.891. The Hall–Kier alpha value is -2.79. The van der Waals surface area contributed by atoms with Crippen molar-refractivity contribution in [1.29, 1.82) is 0 Å². The predicted octanol–water partition coefficient (Wildman–Crippen LogP) is 5.14. The molecule has 0 amide bonds. The van der Waals surface area contributed by atoms with Gasteiger partial charge in [0.05, 0.1) is 18.7 Å². The lowest BCUT2D eigenvalue weighted by Gasteiger charge is -2.12. The minimum absolute atomic E-state index is 0.250. The molecule has 2 rings (SSSR count). The van der Waals surface area contributed by atoms with Crippen molar-refractivity contribution in [3.05, 3.63) is 64.2 Å². The third-order valence-corrected chi connectivity index (χ3v) is 4.54. The van der Waals surface area contributed by atoms with Gasteiger partial charge in [-0.05, 0) is 49.6 Å². The SMILES string of the molecule is CCOc1cc(/C=C/C(=O)O[C@@H](C)C(=O)c2ccc(CC)cc2)cc(Cl)c1OC. The van der Waals surface area contributed by atoms with Gasteiger partial charge in [0.1, 0.15) is 0 Å². The number of hydrogen-bond acceptors (Lipinski definition) is 5. The average Bonchev–Trinajstić information content (AvgIpc) is 2.72. The van der Waals surface area contributed by atoms with Gasteiger partial charge >= 0.3 is 5.97 Å². The molecule has 0 aliphatic rings. The molecule has 5 nitrogen and oxygen atoms in total. The summed E-state index contributed by atoms with van der Waals surface area (Å²) >= 11 is 6.20. The fourth-order valence-corrected chi connectivity index (χ4v) is 3.01. The maximum atomic E-state index is 12.4. The van der Waals surface area contributed by atoms with E-state index < -0.39 is 12.1 Å². The van der Waals surface area contributed by atoms with Crippen molar-refractivity contribution in [3.8, 4) is 11.5 Å². The van der Waals surface area contributed by atoms with Gasteiger partial charge in [-0.3, -0.25) is 4.79 Å². The van der Waals surface area contributed by atoms with Crippen molar-refractivity contribution in [2.24, 2.45) is 0 Å². The topological polar surface area (TPSA) is 61.8 Å². The van der Waals surface area contributed by atoms with Crippen LogP contribution in [-0.2, 0) is 16.0 Å². The first-order valence-electron chi connectivity index (χ1n) is 9.41. The molecular formula is C23H25ClO5. The molecule has 0 bridgehead atoms. The molecule has 0 fully saturated rings. The number of ether oxygens (including phenoxy) is 3. The molecule has 29 heavy (non-hydrogen) atoms. The summed E-state index contributed by atoms with van der Waals surface area (Å²) in [6, 6.07) is 10.6. The Morgan fingerprint density at radius 3 is 2.41 bits per heavy atom. The molecule has 0 aliphatic carbocycles. The molecule has 0 radical (unpaired) electrons. The van der Waals surface area contributed by atoms with Crippen molar-refractivity contribution < 1.29 is 23.8 Å². The van der Waals surface area contributed by atoms with Crippen molar-refractivity contribution in [2.45, 2.75) is 33.3 Å². The van der Waals surface area contributed by atoms with Crippen LogP contribution in [0.15, 0.2) is 42.5 Å². The van der Waals surface area contributed by atoms with Gasteiger partial charge in [0.25, 0.3) is 0 Å². The van der Waals surface area contributed by atoms with Crippen molar-refractivity contribution >= 4 is 29.4 Å². The number of benzene rings is 2. The maximum Gasteiger partial charge on any atom is 0.331 e. The van der Waals surface area contributed by atoms with E-state index in [1.54, 1.807) is 37.3 Å². The van der Waals surface area contributed by atoms with Gasteiger partial charge in [-0.25, -0.2) is 4.79 Å². The summed E-state index contributed by atoms with van der Waals surface area (Å²) in [7, 11) is 1.50. The smallest absolute Gasteiger partial charge is 0.331 e. The van der Waals surface area contributed by atoms with E-state index in [2.05, 4.69) is 0 Å². The quantitative estimate of drug-likeness (QED) is 0.322. The van der Waals surface area contributed by atoms with Gasteiger partial charge in [-0.1, -0.05) is 42.8 Å². The number of hydrogen-bond donors (Lipinski definition) is 0. The molecular weight excluding hydrogens is 392 g/mol. The van der Waals surface area contributed by atoms with Crippen LogP contribution in [0.1, 0.15) is 42.3 Å². The van der Waals surface area contributed by atoms with Gasteiger partial charge in [0.2, 0.25) is 5.78 Å². The first-order valence-corrected chi connectivity index (χ1v) is 9.79. The van der Waals surface area contributed by atoms with E-state index in [0.29, 0.717) is 34.3 Å². The number of rotatable bonds is 9. The number of ketones is 1. The van der Waals surface area contributed by atoms with E-state index in [1.807, 2.05) is 26.0 Å². The molecule has 0 saturated carbocycles. The number of halogens is 1. The van der Waals surface area contributed by atoms with Crippen LogP contribution in [0, 0.1) is 0 Å². The van der Waals surface area contributed by atoms with Crippen LogP contribution in [0.5, 0.6) is 11.5 Å². The zero-order chi connectivity index (χ0) is 21.4. The highest BCUT2D eigenvalue weighted by atomic mass is 35.5. The molecule has 2 aromatic carbocycles. The third-order valence-electron chi connectivity index (χ3n) is 4.26. The lowest BCUT2D eigenvalue weighted by Crippen LogP contribution is -2.23. The molecule has 6 heteroatoms. The molecule has 1 atom stereocenters. The Kier molecular flexibility index (Phi) is 8.28. The fourth-order valence-electron chi connectivity index (χ4n) is 2.72. The van der Waals surface area contributed by atoms with E-state index >= 15 is 0 Å². The zero-order valence-corrected chi connectivity index (χ0v) is 17.8. The second kappa shape index (κ2) is 10.7. The molecule has 0 N–H and O–H groups in total. The molecule has 0 saturated heterocycles. The van der Waals surface area contributed by atoms with Crippen LogP contribution in [0.2, 0.25) is 5.02 Å². The Balaban J connectivity index is 2.05. The maximum absolute atomic E-state index is 12.4. The molecule has 154 valence electrons. The Morgan fingerprint density at radius 2 is 1.83 bits per heavy atom. The first-order chi connectivity index (χ1) is 13.9. The Labute approximate surface area is 176 Å². The minimum Gasteiger partial charge on any atom is -0.491 e. The van der Waals surface area contributed by atoms with Gasteiger partial charge in [0.15, 0.2) is 17.6 Å². The second-order valence-corrected chi connectivity index (χ2v) is 6.70. The summed E-state index contributed by atoms with van der Waals surface area (Å²) in [5.41, 5.74) is 2.29. The first kappa shape index (κ1) is 22.5.